The third-order valence-corrected chi connectivity index (χ3v) is 3240. The fourth-order valence-corrected chi connectivity index (χ4v) is 6920. The maximum absolute atomic E-state index is 11.2. The monoisotopic (exact) mass is 7590 g/mol. The van der Waals surface area contributed by atoms with Gasteiger partial charge in [-0.25, -0.2) is 39.1 Å². The molecule has 0 atom stereocenters. The molecule has 0 bridgehead atoms. The number of ether oxygens (including phenoxy) is 3. The van der Waals surface area contributed by atoms with E-state index in [1.807, 2.05) is 4.81 Å². The number of halogens is 58. The molecule has 3 fully saturated rings. The van der Waals surface area contributed by atoms with E-state index in [0.717, 1.165) is 51.9 Å². The number of pyridine rings is 4. The molecule has 4 aromatic heterocycles. The molecule has 0 unspecified atom stereocenters. The third-order valence-electron chi connectivity index (χ3n) is 11.9. The number of carbonyl (C=O) groups is 5. The predicted molar refractivity (Wildman–Crippen MR) is 967 cm³/mol. The summed E-state index contributed by atoms with van der Waals surface area (Å²) in [7, 11) is -8.71. The number of hydrogen-bond acceptors (Lipinski definition) is 15. The van der Waals surface area contributed by atoms with Gasteiger partial charge >= 0.3 is 739 Å². The summed E-state index contributed by atoms with van der Waals surface area (Å²) < 4.78 is 17.0. The van der Waals surface area contributed by atoms with Gasteiger partial charge in [0, 0.05) is 57.6 Å². The van der Waals surface area contributed by atoms with Gasteiger partial charge < -0.3 is 54.7 Å². The topological polar surface area (TPSA) is 284 Å². The summed E-state index contributed by atoms with van der Waals surface area (Å²) >= 11 is 113. The van der Waals surface area contributed by atoms with Crippen LogP contribution < -0.4 is 32.8 Å². The minimum absolute atomic E-state index is 0. The van der Waals surface area contributed by atoms with Crippen molar-refractivity contribution in [3.63, 3.8) is 0 Å². The molecule has 7 heterocycles. The van der Waals surface area contributed by atoms with E-state index >= 15 is 0 Å². The van der Waals surface area contributed by atoms with Crippen molar-refractivity contribution in [1.29, 1.82) is 0 Å². The van der Waals surface area contributed by atoms with Crippen molar-refractivity contribution in [2.75, 3.05) is 39.3 Å². The van der Waals surface area contributed by atoms with Crippen LogP contribution in [0.25, 0.3) is 0 Å². The minimum Gasteiger partial charge on any atom is -0.478 e. The number of aromatic carboxylic acids is 4. The molecule has 121 heavy (non-hydrogen) atoms. The molecule has 740 valence electrons. The van der Waals surface area contributed by atoms with E-state index in [0.29, 0.717) is 39.2 Å². The Labute approximate surface area is 1110 Å². The number of carboxylic acid groups (broad SMARTS) is 4. The smallest absolute Gasteiger partial charge is 0.337 e. The van der Waals surface area contributed by atoms with E-state index in [4.69, 9.17) is 92.6 Å². The van der Waals surface area contributed by atoms with Crippen LogP contribution in [0, 0.1) is 0 Å². The van der Waals surface area contributed by atoms with E-state index < -0.39 is 70.4 Å². The normalized spacial score (nSPS) is 16.0. The Hall–Kier alpha value is 32.6. The maximum atomic E-state index is 11.2. The maximum Gasteiger partial charge on any atom is 0.337 e. The van der Waals surface area contributed by atoms with E-state index in [9.17, 15) is 29.0 Å². The van der Waals surface area contributed by atoms with Gasteiger partial charge in [0.05, 0.1) is 27.3 Å². The van der Waals surface area contributed by atoms with Gasteiger partial charge in [0.2, 0.25) is 23.5 Å². The van der Waals surface area contributed by atoms with Crippen molar-refractivity contribution in [3.8, 4) is 17.6 Å². The molecule has 7 rings (SSSR count). The number of aromatic nitrogens is 4. The van der Waals surface area contributed by atoms with Gasteiger partial charge in [0.1, 0.15) is 38.5 Å². The second-order valence-electron chi connectivity index (χ2n) is 18.6. The summed E-state index contributed by atoms with van der Waals surface area (Å²) in [5, 5.41) is 48.2. The Kier molecular flexibility index (Phi) is 117. The first-order chi connectivity index (χ1) is 55.3. The van der Waals surface area contributed by atoms with Crippen LogP contribution >= 0.6 is 778 Å². The van der Waals surface area contributed by atoms with Gasteiger partial charge in [-0.05, 0) is 83.0 Å². The number of nitrogens with zero attached hydrogens (tertiary/aromatic N) is 6. The number of hydrogen-bond donors (Lipinski definition) is 6. The van der Waals surface area contributed by atoms with Crippen molar-refractivity contribution in [2.45, 2.75) is 70.6 Å². The molecule has 3 saturated heterocycles. The molecule has 3 aliphatic rings. The van der Waals surface area contributed by atoms with Gasteiger partial charge in [-0.2, -0.15) is 0 Å². The van der Waals surface area contributed by atoms with E-state index in [1.165, 1.54) is 56.0 Å². The Balaban J connectivity index is 0. The molecule has 3 aliphatic heterocycles. The van der Waals surface area contributed by atoms with E-state index in [2.05, 4.69) is 546 Å². The molecule has 0 radical (unpaired) electrons. The van der Waals surface area contributed by atoms with Crippen LogP contribution in [0.3, 0.4) is 0 Å². The molecule has 0 saturated carbocycles. The largest absolute Gasteiger partial charge is 0.478 e. The Bertz CT molecular complexity index is 3670. The van der Waals surface area contributed by atoms with Gasteiger partial charge in [-0.1, -0.05) is 58.0 Å². The number of carboxylic acids is 4. The summed E-state index contributed by atoms with van der Waals surface area (Å²) in [4.78, 5) is 73.7. The van der Waals surface area contributed by atoms with Crippen molar-refractivity contribution in [2.24, 2.45) is 0 Å². The molecule has 20 nitrogen and oxygen atoms in total. The molecule has 0 aromatic carbocycles. The van der Waals surface area contributed by atoms with Gasteiger partial charge in [0.25, 0.3) is 0 Å². The Morgan fingerprint density at radius 3 is 0.860 bits per heavy atom. The zero-order valence-corrected chi connectivity index (χ0v) is 172. The molecular weight excluding hydrogens is 7540 g/mol. The van der Waals surface area contributed by atoms with Crippen LogP contribution in [0.5, 0.6) is 17.6 Å². The number of rotatable bonds is 31. The van der Waals surface area contributed by atoms with E-state index in [-0.39, 0.29) is 248 Å². The van der Waals surface area contributed by atoms with Crippen molar-refractivity contribution in [3.05, 3.63) is 96.6 Å². The molecular formula is C42H49BCl7I51N7O13-. The van der Waals surface area contributed by atoms with Gasteiger partial charge in [-0.15, -0.1) is 24.8 Å². The zero-order valence-electron chi connectivity index (χ0n) is 56.6. The molecule has 0 aliphatic carbocycles. The van der Waals surface area contributed by atoms with Crippen molar-refractivity contribution in [1.82, 2.24) is 35.0 Å². The first-order valence-corrected chi connectivity index (χ1v) is 331. The number of nitrogens with one attached hydrogen (secondary N) is 1. The fourth-order valence-electron chi connectivity index (χ4n) is 7.15. The summed E-state index contributed by atoms with van der Waals surface area (Å²) in [5.41, 5.74) is -0.0619. The number of likely N-dealkylation sites (tertiary alicyclic amines) is 1. The standard InChI is InChI=1S/C13H15ClN2O4.C12H16BClN2O4.C11H13ClN2O3.C6H3Cl2NO2.2ClH.I18.I17.I16/c1-8(17)16-6-3-9(4-7-16)20-12-11(14)10(13(18)19)2-5-15-12;1-13(19)16-6-3-8(4-7-16)20-11-10(14)9(12(17)18)2-5-15-11;12-9-8(11(15)16)3-6-14-10(9)17-7-1-4-13-5-2-7;7-4-3(6(10)11)1-2-9-5(4)8;;;1-11(2)13(5)15(7)17(9)18(10)16(8)14(6)12(3)4;1-10-12(4)14(6)16(8)17(9)15(7)13(5)11(2)3;1-10(2)12(5)14(7)16(9)15(8)13(6)11(3)4/h2,5,9H,3-4,6-7H2,1H3,(H,18,19);2,5,8,19H,3-4,6-7H2,1H3,(H,17,18);3,6-7,13H,1-2,4-5H2,(H,15,16);1-2H,(H,10,11);2*1H;;;/q;;;;;;;-1;. The first kappa shape index (κ1) is 156. The van der Waals surface area contributed by atoms with Crippen LogP contribution in [0.4, 0.5) is 0 Å². The number of carbonyl (C=O) groups excluding carboxylic acids is 1. The second kappa shape index (κ2) is 90.7. The molecule has 6 N–H and O–H groups in total. The van der Waals surface area contributed by atoms with Crippen LogP contribution in [0.15, 0.2) is 49.1 Å². The predicted octanol–water partition coefficient (Wildman–Crippen LogP) is 49.0. The third kappa shape index (κ3) is 65.1. The zero-order chi connectivity index (χ0) is 91.5. The summed E-state index contributed by atoms with van der Waals surface area (Å²) in [6.07, 6.45) is 9.84. The molecule has 79 heteroatoms. The summed E-state index contributed by atoms with van der Waals surface area (Å²) in [6, 6.07) is 5.32. The quantitative estimate of drug-likeness (QED) is 0.0155. The minimum atomic E-state index is -1.12. The molecule has 4 aromatic rings. The second-order valence-corrected chi connectivity index (χ2v) is 1110. The van der Waals surface area contributed by atoms with Crippen molar-refractivity contribution < 1.29 is 76.9 Å². The van der Waals surface area contributed by atoms with Crippen LogP contribution in [0.1, 0.15) is 86.9 Å². The average Bonchev–Trinajstić information content (AvgIpc) is 0.859. The van der Waals surface area contributed by atoms with E-state index in [1.54, 1.807) is 11.7 Å². The Morgan fingerprint density at radius 1 is 0.397 bits per heavy atom. The SMILES string of the molecule is CB(O)N1CCC(Oc2nccc(C(=O)O)c2Cl)CC1.CC(=O)N1CCC(Oc2nccc(C(=O)O)c2Cl)CC1.Cl.Cl.II(I)I(I)I(I)I(I)I(I)I(I)I(I)I.II(I)I(I)I(I)I(I)I(I)I(I)I(I)I(I)I.I[I-]I(I)I(I)I(I)I(I)I(I)I(I)I(I)I.O=C(O)c1ccnc(Cl)c1Cl.O=C(O)c1ccnc(OC2CCNCC2)c1Cl. The summed E-state index contributed by atoms with van der Waals surface area (Å²) in [6.45, 7) is 7.73. The first-order valence-electron chi connectivity index (χ1n) is 27.7. The number of piperidine rings is 3. The molecule has 1 amide bonds. The number of amides is 1. The van der Waals surface area contributed by atoms with Crippen LogP contribution in [-0.2, 0) is 4.79 Å². The van der Waals surface area contributed by atoms with Gasteiger partial charge in [-0.3, -0.25) is 4.79 Å². The summed E-state index contributed by atoms with van der Waals surface area (Å²) in [5.74, 6) is -3.87. The Morgan fingerprint density at radius 2 is 0.628 bits per heavy atom. The fraction of sp³-hybridized carbons (Fsp3) is 0.405. The van der Waals surface area contributed by atoms with Crippen molar-refractivity contribution >= 4 is 815 Å². The average molecular weight is 7590 g/mol. The molecule has 0 spiro atoms. The van der Waals surface area contributed by atoms with Crippen LogP contribution in [0.2, 0.25) is 32.1 Å². The van der Waals surface area contributed by atoms with Crippen LogP contribution in [-0.4, -0.2) is 150 Å². The van der Waals surface area contributed by atoms with Gasteiger partial charge in [0.15, 0.2) is 0 Å².